The van der Waals surface area contributed by atoms with Crippen LogP contribution in [0.3, 0.4) is 0 Å². The van der Waals surface area contributed by atoms with Crippen molar-refractivity contribution < 1.29 is 18.0 Å². The molecule has 0 spiro atoms. The second-order valence-corrected chi connectivity index (χ2v) is 4.38. The number of hydrogen-bond acceptors (Lipinski definition) is 3. The van der Waals surface area contributed by atoms with Crippen LogP contribution in [-0.4, -0.2) is 15.7 Å². The summed E-state index contributed by atoms with van der Waals surface area (Å²) in [7, 11) is 1.62. The van der Waals surface area contributed by atoms with Crippen LogP contribution in [0.25, 0.3) is 0 Å². The van der Waals surface area contributed by atoms with Gasteiger partial charge in [0.15, 0.2) is 5.82 Å². The van der Waals surface area contributed by atoms with Crippen molar-refractivity contribution in [3.8, 4) is 0 Å². The van der Waals surface area contributed by atoms with Gasteiger partial charge in [-0.1, -0.05) is 12.1 Å². The molecule has 0 aliphatic rings. The summed E-state index contributed by atoms with van der Waals surface area (Å²) < 4.78 is 40.1. The molecule has 1 amide bonds. The molecule has 21 heavy (non-hydrogen) atoms. The van der Waals surface area contributed by atoms with E-state index < -0.39 is 23.2 Å². The fourth-order valence-electron chi connectivity index (χ4n) is 1.90. The van der Waals surface area contributed by atoms with Crippen LogP contribution in [-0.2, 0) is 19.8 Å². The molecule has 2 aromatic rings. The highest BCUT2D eigenvalue weighted by atomic mass is 19.4. The molecule has 1 heterocycles. The SMILES string of the molecule is Cn1cc(CN)c(NC(=O)c2ccccc2C(F)(F)F)n1. The predicted octanol–water partition coefficient (Wildman–Crippen LogP) is 2.15. The van der Waals surface area contributed by atoms with Gasteiger partial charge in [0.05, 0.1) is 11.1 Å². The van der Waals surface area contributed by atoms with Crippen LogP contribution >= 0.6 is 0 Å². The van der Waals surface area contributed by atoms with Crippen molar-refractivity contribution in [2.75, 3.05) is 5.32 Å². The summed E-state index contributed by atoms with van der Waals surface area (Å²) in [4.78, 5) is 12.1. The Hall–Kier alpha value is -2.35. The third-order valence-electron chi connectivity index (χ3n) is 2.83. The molecule has 0 aliphatic carbocycles. The topological polar surface area (TPSA) is 72.9 Å². The smallest absolute Gasteiger partial charge is 0.326 e. The molecule has 0 saturated heterocycles. The van der Waals surface area contributed by atoms with Crippen molar-refractivity contribution in [2.45, 2.75) is 12.7 Å². The summed E-state index contributed by atoms with van der Waals surface area (Å²) >= 11 is 0. The predicted molar refractivity (Wildman–Crippen MR) is 70.5 cm³/mol. The molecule has 0 radical (unpaired) electrons. The fraction of sp³-hybridized carbons (Fsp3) is 0.231. The number of carbonyl (C=O) groups is 1. The Morgan fingerprint density at radius 3 is 2.67 bits per heavy atom. The van der Waals surface area contributed by atoms with Gasteiger partial charge in [0.25, 0.3) is 5.91 Å². The number of aryl methyl sites for hydroxylation is 1. The van der Waals surface area contributed by atoms with Gasteiger partial charge in [0.1, 0.15) is 0 Å². The van der Waals surface area contributed by atoms with E-state index in [1.165, 1.54) is 16.8 Å². The number of amides is 1. The van der Waals surface area contributed by atoms with Crippen LogP contribution in [0, 0.1) is 0 Å². The van der Waals surface area contributed by atoms with Crippen molar-refractivity contribution in [3.05, 3.63) is 47.2 Å². The van der Waals surface area contributed by atoms with E-state index in [4.69, 9.17) is 5.73 Å². The average molecular weight is 298 g/mol. The van der Waals surface area contributed by atoms with E-state index >= 15 is 0 Å². The van der Waals surface area contributed by atoms with Crippen LogP contribution in [0.2, 0.25) is 0 Å². The van der Waals surface area contributed by atoms with E-state index in [1.807, 2.05) is 0 Å². The number of anilines is 1. The number of benzene rings is 1. The van der Waals surface area contributed by atoms with Crippen LogP contribution < -0.4 is 11.1 Å². The molecular weight excluding hydrogens is 285 g/mol. The zero-order valence-corrected chi connectivity index (χ0v) is 11.1. The van der Waals surface area contributed by atoms with Crippen LogP contribution in [0.15, 0.2) is 30.5 Å². The van der Waals surface area contributed by atoms with Gasteiger partial charge in [0, 0.05) is 25.4 Å². The van der Waals surface area contributed by atoms with Gasteiger partial charge in [-0.2, -0.15) is 18.3 Å². The first-order chi connectivity index (χ1) is 9.82. The van der Waals surface area contributed by atoms with E-state index in [-0.39, 0.29) is 12.4 Å². The first-order valence-corrected chi connectivity index (χ1v) is 6.03. The first kappa shape index (κ1) is 15.0. The Kier molecular flexibility index (Phi) is 3.99. The summed E-state index contributed by atoms with van der Waals surface area (Å²) in [6.07, 6.45) is -3.01. The fourth-order valence-corrected chi connectivity index (χ4v) is 1.90. The second-order valence-electron chi connectivity index (χ2n) is 4.38. The van der Waals surface area contributed by atoms with Gasteiger partial charge < -0.3 is 11.1 Å². The number of rotatable bonds is 3. The minimum absolute atomic E-state index is 0.115. The molecule has 5 nitrogen and oxygen atoms in total. The number of alkyl halides is 3. The molecule has 0 unspecified atom stereocenters. The highest BCUT2D eigenvalue weighted by molar-refractivity contribution is 6.05. The van der Waals surface area contributed by atoms with E-state index in [1.54, 1.807) is 13.2 Å². The minimum atomic E-state index is -4.60. The molecule has 8 heteroatoms. The first-order valence-electron chi connectivity index (χ1n) is 6.03. The Bertz CT molecular complexity index is 664. The Labute approximate surface area is 118 Å². The molecule has 0 bridgehead atoms. The lowest BCUT2D eigenvalue weighted by atomic mass is 10.1. The quantitative estimate of drug-likeness (QED) is 0.912. The van der Waals surface area contributed by atoms with Crippen molar-refractivity contribution in [1.29, 1.82) is 0 Å². The number of halogens is 3. The van der Waals surface area contributed by atoms with Gasteiger partial charge >= 0.3 is 6.18 Å². The summed E-state index contributed by atoms with van der Waals surface area (Å²) in [5, 5.41) is 6.32. The van der Waals surface area contributed by atoms with Crippen molar-refractivity contribution in [1.82, 2.24) is 9.78 Å². The Morgan fingerprint density at radius 2 is 2.05 bits per heavy atom. The molecular formula is C13H13F3N4O. The summed E-state index contributed by atoms with van der Waals surface area (Å²) in [6.45, 7) is 0.115. The van der Waals surface area contributed by atoms with Gasteiger partial charge in [-0.15, -0.1) is 0 Å². The summed E-state index contributed by atoms with van der Waals surface area (Å²) in [6, 6.07) is 4.57. The Morgan fingerprint density at radius 1 is 1.38 bits per heavy atom. The molecule has 2 rings (SSSR count). The van der Waals surface area contributed by atoms with Crippen LogP contribution in [0.4, 0.5) is 19.0 Å². The third kappa shape index (κ3) is 3.22. The largest absolute Gasteiger partial charge is 0.417 e. The second kappa shape index (κ2) is 5.57. The minimum Gasteiger partial charge on any atom is -0.326 e. The standard InChI is InChI=1S/C13H13F3N4O/c1-20-7-8(6-17)11(19-20)18-12(21)9-4-2-3-5-10(9)13(14,15)16/h2-5,7H,6,17H2,1H3,(H,18,19,21). The molecule has 0 atom stereocenters. The molecule has 3 N–H and O–H groups in total. The highest BCUT2D eigenvalue weighted by Crippen LogP contribution is 2.32. The zero-order valence-electron chi connectivity index (χ0n) is 11.1. The van der Waals surface area contributed by atoms with Crippen molar-refractivity contribution in [3.63, 3.8) is 0 Å². The van der Waals surface area contributed by atoms with Crippen molar-refractivity contribution >= 4 is 11.7 Å². The maximum Gasteiger partial charge on any atom is 0.417 e. The third-order valence-corrected chi connectivity index (χ3v) is 2.83. The number of nitrogens with zero attached hydrogens (tertiary/aromatic N) is 2. The van der Waals surface area contributed by atoms with Crippen molar-refractivity contribution in [2.24, 2.45) is 12.8 Å². The van der Waals surface area contributed by atoms with Crippen LogP contribution in [0.1, 0.15) is 21.5 Å². The normalized spacial score (nSPS) is 11.5. The summed E-state index contributed by atoms with van der Waals surface area (Å²) in [5.74, 6) is -0.724. The van der Waals surface area contributed by atoms with E-state index in [2.05, 4.69) is 10.4 Å². The van der Waals surface area contributed by atoms with Gasteiger partial charge in [-0.3, -0.25) is 9.48 Å². The number of nitrogens with one attached hydrogen (secondary N) is 1. The lowest BCUT2D eigenvalue weighted by Crippen LogP contribution is -2.19. The van der Waals surface area contributed by atoms with Gasteiger partial charge in [-0.25, -0.2) is 0 Å². The van der Waals surface area contributed by atoms with Gasteiger partial charge in [0.2, 0.25) is 0 Å². The van der Waals surface area contributed by atoms with Crippen LogP contribution in [0.5, 0.6) is 0 Å². The van der Waals surface area contributed by atoms with E-state index in [0.717, 1.165) is 12.1 Å². The van der Waals surface area contributed by atoms with E-state index in [9.17, 15) is 18.0 Å². The molecule has 1 aromatic carbocycles. The molecule has 112 valence electrons. The molecule has 0 aliphatic heterocycles. The number of nitrogens with two attached hydrogens (primary N) is 1. The highest BCUT2D eigenvalue weighted by Gasteiger charge is 2.35. The lowest BCUT2D eigenvalue weighted by Gasteiger charge is -2.12. The van der Waals surface area contributed by atoms with E-state index in [0.29, 0.717) is 5.56 Å². The molecule has 0 fully saturated rings. The average Bonchev–Trinajstić information content (AvgIpc) is 2.77. The summed E-state index contributed by atoms with van der Waals surface area (Å²) in [5.41, 5.74) is 4.58. The Balaban J connectivity index is 2.33. The van der Waals surface area contributed by atoms with Gasteiger partial charge in [-0.05, 0) is 12.1 Å². The zero-order chi connectivity index (χ0) is 15.6. The monoisotopic (exact) mass is 298 g/mol. The maximum atomic E-state index is 12.9. The number of hydrogen-bond donors (Lipinski definition) is 2. The number of carbonyl (C=O) groups excluding carboxylic acids is 1. The lowest BCUT2D eigenvalue weighted by molar-refractivity contribution is -0.137. The number of aromatic nitrogens is 2. The molecule has 0 saturated carbocycles. The maximum absolute atomic E-state index is 12.9. The molecule has 1 aromatic heterocycles.